The molecule has 2 atom stereocenters. The first-order valence-corrected chi connectivity index (χ1v) is 5.87. The van der Waals surface area contributed by atoms with Gasteiger partial charge in [0.15, 0.2) is 0 Å². The smallest absolute Gasteiger partial charge is 0.0634 e. The summed E-state index contributed by atoms with van der Waals surface area (Å²) in [5, 5.41) is 4.27. The summed E-state index contributed by atoms with van der Waals surface area (Å²) >= 11 is 11.9. The molecule has 4 heteroatoms. The molecule has 1 aromatic heterocycles. The van der Waals surface area contributed by atoms with Crippen molar-refractivity contribution in [2.24, 2.45) is 0 Å². The molecule has 0 fully saturated rings. The molecule has 1 heterocycles. The quantitative estimate of drug-likeness (QED) is 0.808. The van der Waals surface area contributed by atoms with Crippen LogP contribution in [0.15, 0.2) is 18.5 Å². The normalized spacial score (nSPS) is 14.9. The van der Waals surface area contributed by atoms with Gasteiger partial charge < -0.3 is 5.32 Å². The monoisotopic (exact) mass is 246 g/mol. The number of hydrogen-bond acceptors (Lipinski definition) is 2. The fraction of sp³-hybridized carbons (Fsp3) is 0.545. The molecule has 15 heavy (non-hydrogen) atoms. The molecule has 0 aliphatic carbocycles. The van der Waals surface area contributed by atoms with E-state index in [0.29, 0.717) is 11.1 Å². The number of hydrogen-bond donors (Lipinski definition) is 1. The summed E-state index contributed by atoms with van der Waals surface area (Å²) in [6.45, 7) is 4.87. The van der Waals surface area contributed by atoms with E-state index < -0.39 is 0 Å². The van der Waals surface area contributed by atoms with E-state index in [4.69, 9.17) is 23.2 Å². The molecular formula is C11H16Cl2N2. The highest BCUT2D eigenvalue weighted by Crippen LogP contribution is 2.13. The van der Waals surface area contributed by atoms with Gasteiger partial charge in [0.1, 0.15) is 0 Å². The largest absolute Gasteiger partial charge is 0.310 e. The van der Waals surface area contributed by atoms with Gasteiger partial charge in [-0.05, 0) is 31.9 Å². The third-order valence-electron chi connectivity index (χ3n) is 2.18. The lowest BCUT2D eigenvalue weighted by Crippen LogP contribution is -2.27. The Morgan fingerprint density at radius 3 is 2.80 bits per heavy atom. The molecule has 0 aliphatic rings. The van der Waals surface area contributed by atoms with E-state index in [1.165, 1.54) is 0 Å². The number of halogens is 2. The van der Waals surface area contributed by atoms with Crippen molar-refractivity contribution in [3.63, 3.8) is 0 Å². The molecular weight excluding hydrogens is 231 g/mol. The van der Waals surface area contributed by atoms with Crippen LogP contribution in [0.5, 0.6) is 0 Å². The van der Waals surface area contributed by atoms with Crippen molar-refractivity contribution < 1.29 is 0 Å². The predicted molar refractivity (Wildman–Crippen MR) is 65.5 cm³/mol. The van der Waals surface area contributed by atoms with Gasteiger partial charge in [0.25, 0.3) is 0 Å². The second-order valence-electron chi connectivity index (χ2n) is 3.77. The molecule has 0 aliphatic heterocycles. The maximum Gasteiger partial charge on any atom is 0.0634 e. The molecule has 1 rings (SSSR count). The van der Waals surface area contributed by atoms with Crippen molar-refractivity contribution in [1.29, 1.82) is 0 Å². The minimum atomic E-state index is 0.195. The lowest BCUT2D eigenvalue weighted by molar-refractivity contribution is 0.511. The van der Waals surface area contributed by atoms with Gasteiger partial charge in [0, 0.05) is 30.4 Å². The maximum absolute atomic E-state index is 5.98. The van der Waals surface area contributed by atoms with Crippen LogP contribution >= 0.6 is 23.2 Å². The van der Waals surface area contributed by atoms with E-state index in [9.17, 15) is 0 Å². The Morgan fingerprint density at radius 2 is 2.20 bits per heavy atom. The van der Waals surface area contributed by atoms with Crippen molar-refractivity contribution in [2.45, 2.75) is 38.2 Å². The van der Waals surface area contributed by atoms with Crippen LogP contribution in [-0.2, 0) is 6.54 Å². The van der Waals surface area contributed by atoms with Crippen LogP contribution in [0.4, 0.5) is 0 Å². The molecule has 84 valence electrons. The number of aromatic nitrogens is 1. The van der Waals surface area contributed by atoms with Crippen molar-refractivity contribution >= 4 is 23.2 Å². The van der Waals surface area contributed by atoms with E-state index in [0.717, 1.165) is 18.5 Å². The zero-order chi connectivity index (χ0) is 11.3. The fourth-order valence-corrected chi connectivity index (χ4v) is 1.86. The molecule has 0 bridgehead atoms. The Bertz CT molecular complexity index is 302. The molecule has 0 amide bonds. The topological polar surface area (TPSA) is 24.9 Å². The fourth-order valence-electron chi connectivity index (χ4n) is 1.40. The van der Waals surface area contributed by atoms with E-state index in [1.807, 2.05) is 13.0 Å². The number of pyridine rings is 1. The second kappa shape index (κ2) is 6.31. The molecule has 0 spiro atoms. The van der Waals surface area contributed by atoms with Crippen LogP contribution in [-0.4, -0.2) is 16.4 Å². The van der Waals surface area contributed by atoms with Crippen molar-refractivity contribution in [2.75, 3.05) is 0 Å². The summed E-state index contributed by atoms with van der Waals surface area (Å²) in [7, 11) is 0. The number of nitrogens with zero attached hydrogens (tertiary/aromatic N) is 1. The Balaban J connectivity index is 2.40. The van der Waals surface area contributed by atoms with Gasteiger partial charge >= 0.3 is 0 Å². The highest BCUT2D eigenvalue weighted by atomic mass is 35.5. The Hall–Kier alpha value is -0.310. The van der Waals surface area contributed by atoms with Gasteiger partial charge in [-0.2, -0.15) is 0 Å². The van der Waals surface area contributed by atoms with Gasteiger partial charge in [-0.3, -0.25) is 4.98 Å². The van der Waals surface area contributed by atoms with Crippen LogP contribution in [0.2, 0.25) is 5.02 Å². The van der Waals surface area contributed by atoms with Gasteiger partial charge in [-0.15, -0.1) is 11.6 Å². The third kappa shape index (κ3) is 4.83. The summed E-state index contributed by atoms with van der Waals surface area (Å²) in [6.07, 6.45) is 4.36. The molecule has 0 radical (unpaired) electrons. The Kier molecular flexibility index (Phi) is 5.37. The molecule has 0 aromatic carbocycles. The van der Waals surface area contributed by atoms with Crippen LogP contribution in [0.1, 0.15) is 25.8 Å². The maximum atomic E-state index is 5.98. The summed E-state index contributed by atoms with van der Waals surface area (Å²) < 4.78 is 0. The van der Waals surface area contributed by atoms with Gasteiger partial charge in [-0.25, -0.2) is 0 Å². The van der Waals surface area contributed by atoms with Crippen molar-refractivity contribution in [1.82, 2.24) is 10.3 Å². The summed E-state index contributed by atoms with van der Waals surface area (Å²) in [5.41, 5.74) is 1.07. The standard InChI is InChI=1S/C11H16Cl2N2/c1-8(12)5-9(2)15-6-10-3-4-14-7-11(10)13/h3-4,7-9,15H,5-6H2,1-2H3. The number of alkyl halides is 1. The van der Waals surface area contributed by atoms with Crippen molar-refractivity contribution in [3.05, 3.63) is 29.0 Å². The van der Waals surface area contributed by atoms with E-state index in [-0.39, 0.29) is 5.38 Å². The number of nitrogens with one attached hydrogen (secondary N) is 1. The first kappa shape index (κ1) is 12.8. The van der Waals surface area contributed by atoms with Gasteiger partial charge in [0.2, 0.25) is 0 Å². The van der Waals surface area contributed by atoms with Crippen LogP contribution in [0, 0.1) is 0 Å². The highest BCUT2D eigenvalue weighted by molar-refractivity contribution is 6.31. The molecule has 2 nitrogen and oxygen atoms in total. The summed E-state index contributed by atoms with van der Waals surface area (Å²) in [5.74, 6) is 0. The average molecular weight is 247 g/mol. The van der Waals surface area contributed by atoms with Crippen LogP contribution in [0.25, 0.3) is 0 Å². The molecule has 0 saturated carbocycles. The molecule has 1 aromatic rings. The minimum Gasteiger partial charge on any atom is -0.310 e. The van der Waals surface area contributed by atoms with E-state index in [2.05, 4.69) is 17.2 Å². The number of rotatable bonds is 5. The van der Waals surface area contributed by atoms with Gasteiger partial charge in [0.05, 0.1) is 5.02 Å². The Morgan fingerprint density at radius 1 is 1.47 bits per heavy atom. The predicted octanol–water partition coefficient (Wildman–Crippen LogP) is 3.23. The third-order valence-corrected chi connectivity index (χ3v) is 2.69. The zero-order valence-corrected chi connectivity index (χ0v) is 10.5. The first-order chi connectivity index (χ1) is 7.09. The van der Waals surface area contributed by atoms with Crippen LogP contribution in [0.3, 0.4) is 0 Å². The molecule has 0 saturated heterocycles. The second-order valence-corrected chi connectivity index (χ2v) is 4.92. The first-order valence-electron chi connectivity index (χ1n) is 5.05. The summed E-state index contributed by atoms with van der Waals surface area (Å²) in [6, 6.07) is 2.31. The molecule has 1 N–H and O–H groups in total. The lowest BCUT2D eigenvalue weighted by atomic mass is 10.2. The Labute approximate surface area is 101 Å². The van der Waals surface area contributed by atoms with Gasteiger partial charge in [-0.1, -0.05) is 11.6 Å². The lowest BCUT2D eigenvalue weighted by Gasteiger charge is -2.15. The highest BCUT2D eigenvalue weighted by Gasteiger charge is 2.06. The minimum absolute atomic E-state index is 0.195. The van der Waals surface area contributed by atoms with E-state index >= 15 is 0 Å². The zero-order valence-electron chi connectivity index (χ0n) is 9.00. The van der Waals surface area contributed by atoms with Crippen LogP contribution < -0.4 is 5.32 Å². The SMILES string of the molecule is CC(Cl)CC(C)NCc1ccncc1Cl. The summed E-state index contributed by atoms with van der Waals surface area (Å²) in [4.78, 5) is 3.94. The molecule has 2 unspecified atom stereocenters. The van der Waals surface area contributed by atoms with E-state index in [1.54, 1.807) is 12.4 Å². The average Bonchev–Trinajstić information content (AvgIpc) is 2.15. The van der Waals surface area contributed by atoms with Crippen molar-refractivity contribution in [3.8, 4) is 0 Å².